The van der Waals surface area contributed by atoms with Crippen molar-refractivity contribution < 1.29 is 26.3 Å². The highest BCUT2D eigenvalue weighted by molar-refractivity contribution is 4.99. The summed E-state index contributed by atoms with van der Waals surface area (Å²) in [5, 5.41) is 0. The van der Waals surface area contributed by atoms with Gasteiger partial charge in [-0.15, -0.1) is 0 Å². The molecule has 0 nitrogen and oxygen atoms in total. The van der Waals surface area contributed by atoms with Gasteiger partial charge in [-0.3, -0.25) is 0 Å². The third-order valence-electron chi connectivity index (χ3n) is 1.90. The molecule has 0 aromatic rings. The van der Waals surface area contributed by atoms with Crippen molar-refractivity contribution in [1.29, 1.82) is 0 Å². The van der Waals surface area contributed by atoms with Crippen LogP contribution in [0.1, 0.15) is 19.3 Å². The first-order valence-electron chi connectivity index (χ1n) is 3.34. The fraction of sp³-hybridized carbons (Fsp3) is 1.00. The van der Waals surface area contributed by atoms with Crippen LogP contribution in [0.3, 0.4) is 0 Å². The van der Waals surface area contributed by atoms with E-state index in [0.717, 1.165) is 0 Å². The van der Waals surface area contributed by atoms with Crippen LogP contribution >= 0.6 is 0 Å². The summed E-state index contributed by atoms with van der Waals surface area (Å²) in [6.45, 7) is 0. The average Bonchev–Trinajstić information content (AvgIpc) is 1.83. The minimum atomic E-state index is -5.20. The van der Waals surface area contributed by atoms with Crippen LogP contribution in [0, 0.1) is 0 Å². The highest BCUT2D eigenvalue weighted by Gasteiger charge is 2.72. The summed E-state index contributed by atoms with van der Waals surface area (Å²) in [5.74, 6) is -14.3. The maximum absolute atomic E-state index is 12.3. The van der Waals surface area contributed by atoms with Crippen molar-refractivity contribution >= 4 is 0 Å². The van der Waals surface area contributed by atoms with E-state index in [1.807, 2.05) is 0 Å². The molecule has 0 heterocycles. The molecule has 12 heavy (non-hydrogen) atoms. The Balaban J connectivity index is 2.99. The van der Waals surface area contributed by atoms with Gasteiger partial charge in [0.2, 0.25) is 0 Å². The lowest BCUT2D eigenvalue weighted by atomic mass is 9.89. The van der Waals surface area contributed by atoms with E-state index in [-0.39, 0.29) is 0 Å². The highest BCUT2D eigenvalue weighted by Crippen LogP contribution is 2.53. The highest BCUT2D eigenvalue weighted by atomic mass is 19.3. The van der Waals surface area contributed by atoms with Gasteiger partial charge in [0, 0.05) is 12.8 Å². The summed E-state index contributed by atoms with van der Waals surface area (Å²) in [7, 11) is 0. The summed E-state index contributed by atoms with van der Waals surface area (Å²) >= 11 is 0. The molecule has 1 aliphatic rings. The Morgan fingerprint density at radius 1 is 0.667 bits per heavy atom. The molecule has 1 aliphatic carbocycles. The molecule has 0 aliphatic heterocycles. The van der Waals surface area contributed by atoms with Gasteiger partial charge in [0.25, 0.3) is 0 Å². The molecular weight excluding hydrogens is 186 g/mol. The topological polar surface area (TPSA) is 0 Å². The van der Waals surface area contributed by atoms with Crippen molar-refractivity contribution in [3.8, 4) is 0 Å². The number of alkyl halides is 6. The molecule has 0 amide bonds. The first-order chi connectivity index (χ1) is 5.21. The van der Waals surface area contributed by atoms with Gasteiger partial charge in [0.15, 0.2) is 0 Å². The van der Waals surface area contributed by atoms with E-state index >= 15 is 0 Å². The Bertz CT molecular complexity index is 166. The van der Waals surface area contributed by atoms with Gasteiger partial charge < -0.3 is 0 Å². The lowest BCUT2D eigenvalue weighted by molar-refractivity contribution is -0.328. The SMILES string of the molecule is FC1(F)CCCC(F)(F)C1(F)F. The molecule has 1 fully saturated rings. The maximum atomic E-state index is 12.3. The molecule has 1 saturated carbocycles. The van der Waals surface area contributed by atoms with Crippen LogP contribution in [0.5, 0.6) is 0 Å². The van der Waals surface area contributed by atoms with Crippen molar-refractivity contribution in [2.45, 2.75) is 37.0 Å². The van der Waals surface area contributed by atoms with Gasteiger partial charge in [-0.1, -0.05) is 0 Å². The van der Waals surface area contributed by atoms with Crippen molar-refractivity contribution in [3.63, 3.8) is 0 Å². The molecule has 0 saturated heterocycles. The molecular formula is C6H6F6. The quantitative estimate of drug-likeness (QED) is 0.517. The van der Waals surface area contributed by atoms with Crippen LogP contribution in [-0.4, -0.2) is 17.8 Å². The third kappa shape index (κ3) is 1.08. The van der Waals surface area contributed by atoms with E-state index in [2.05, 4.69) is 0 Å². The minimum Gasteiger partial charge on any atom is -0.200 e. The molecule has 0 aromatic heterocycles. The van der Waals surface area contributed by atoms with E-state index in [1.165, 1.54) is 0 Å². The van der Waals surface area contributed by atoms with Crippen molar-refractivity contribution in [2.75, 3.05) is 0 Å². The van der Waals surface area contributed by atoms with Crippen molar-refractivity contribution in [3.05, 3.63) is 0 Å². The van der Waals surface area contributed by atoms with Crippen LogP contribution in [0.25, 0.3) is 0 Å². The van der Waals surface area contributed by atoms with Gasteiger partial charge in [-0.25, -0.2) is 0 Å². The van der Waals surface area contributed by atoms with Crippen LogP contribution in [0.2, 0.25) is 0 Å². The molecule has 0 aromatic carbocycles. The normalized spacial score (nSPS) is 31.5. The molecule has 0 atom stereocenters. The third-order valence-corrected chi connectivity index (χ3v) is 1.90. The van der Waals surface area contributed by atoms with Gasteiger partial charge in [-0.2, -0.15) is 26.3 Å². The first kappa shape index (κ1) is 9.67. The Hall–Kier alpha value is -0.420. The largest absolute Gasteiger partial charge is 0.371 e. The fourth-order valence-electron chi connectivity index (χ4n) is 1.11. The smallest absolute Gasteiger partial charge is 0.200 e. The predicted molar refractivity (Wildman–Crippen MR) is 28.7 cm³/mol. The molecule has 6 heteroatoms. The van der Waals surface area contributed by atoms with Gasteiger partial charge in [0.05, 0.1) is 0 Å². The molecule has 0 unspecified atom stereocenters. The molecule has 72 valence electrons. The second kappa shape index (κ2) is 2.29. The number of rotatable bonds is 0. The predicted octanol–water partition coefficient (Wildman–Crippen LogP) is 3.08. The van der Waals surface area contributed by atoms with Gasteiger partial charge in [0.1, 0.15) is 0 Å². The van der Waals surface area contributed by atoms with Gasteiger partial charge >= 0.3 is 17.8 Å². The van der Waals surface area contributed by atoms with Gasteiger partial charge in [-0.05, 0) is 6.42 Å². The van der Waals surface area contributed by atoms with Crippen LogP contribution in [-0.2, 0) is 0 Å². The Morgan fingerprint density at radius 3 is 1.25 bits per heavy atom. The summed E-state index contributed by atoms with van der Waals surface area (Å²) in [6, 6.07) is 0. The van der Waals surface area contributed by atoms with E-state index in [4.69, 9.17) is 0 Å². The van der Waals surface area contributed by atoms with E-state index in [9.17, 15) is 26.3 Å². The standard InChI is InChI=1S/C6H6F6/c7-4(8)2-1-3-5(9,10)6(4,11)12/h1-3H2. The Labute approximate surface area is 64.6 Å². The Kier molecular flexibility index (Phi) is 1.85. The minimum absolute atomic E-state index is 0.574. The second-order valence-corrected chi connectivity index (χ2v) is 2.84. The molecule has 0 radical (unpaired) electrons. The van der Waals surface area contributed by atoms with Crippen molar-refractivity contribution in [1.82, 2.24) is 0 Å². The molecule has 0 bridgehead atoms. The summed E-state index contributed by atoms with van der Waals surface area (Å²) in [4.78, 5) is 0. The van der Waals surface area contributed by atoms with E-state index in [0.29, 0.717) is 0 Å². The number of hydrogen-bond acceptors (Lipinski definition) is 0. The van der Waals surface area contributed by atoms with Crippen LogP contribution in [0.4, 0.5) is 26.3 Å². The zero-order chi connectivity index (χ0) is 9.62. The summed E-state index contributed by atoms with van der Waals surface area (Å²) in [5.41, 5.74) is 0. The molecule has 0 N–H and O–H groups in total. The van der Waals surface area contributed by atoms with E-state index < -0.39 is 37.0 Å². The van der Waals surface area contributed by atoms with E-state index in [1.54, 1.807) is 0 Å². The lowest BCUT2D eigenvalue weighted by Crippen LogP contribution is -2.56. The average molecular weight is 192 g/mol. The summed E-state index contributed by atoms with van der Waals surface area (Å²) in [6.07, 6.45) is -2.92. The van der Waals surface area contributed by atoms with Crippen molar-refractivity contribution in [2.24, 2.45) is 0 Å². The molecule has 0 spiro atoms. The fourth-order valence-corrected chi connectivity index (χ4v) is 1.11. The Morgan fingerprint density at radius 2 is 1.00 bits per heavy atom. The number of hydrogen-bond donors (Lipinski definition) is 0. The monoisotopic (exact) mass is 192 g/mol. The molecule has 1 rings (SSSR count). The zero-order valence-electron chi connectivity index (χ0n) is 5.89. The number of halogens is 6. The van der Waals surface area contributed by atoms with Crippen LogP contribution < -0.4 is 0 Å². The first-order valence-corrected chi connectivity index (χ1v) is 3.34. The van der Waals surface area contributed by atoms with Crippen LogP contribution in [0.15, 0.2) is 0 Å². The maximum Gasteiger partial charge on any atom is 0.371 e. The summed E-state index contributed by atoms with van der Waals surface area (Å²) < 4.78 is 73.5. The second-order valence-electron chi connectivity index (χ2n) is 2.84. The lowest BCUT2D eigenvalue weighted by Gasteiger charge is -2.36. The zero-order valence-corrected chi connectivity index (χ0v) is 5.89.